The third-order valence-electron chi connectivity index (χ3n) is 3.15. The first-order valence-corrected chi connectivity index (χ1v) is 8.98. The summed E-state index contributed by atoms with van der Waals surface area (Å²) in [6.45, 7) is 1.24. The molecule has 2 unspecified atom stereocenters. The van der Waals surface area contributed by atoms with Gasteiger partial charge in [0.05, 0.1) is 4.92 Å². The Kier molecular flexibility index (Phi) is 7.14. The molecular formula is C17H13ClF3NO5S. The first-order chi connectivity index (χ1) is 13.1. The lowest BCUT2D eigenvalue weighted by molar-refractivity contribution is -0.384. The highest BCUT2D eigenvalue weighted by Crippen LogP contribution is 2.37. The number of carbonyl (C=O) groups is 1. The molecule has 11 heteroatoms. The fraction of sp³-hybridized carbons (Fsp3) is 0.235. The van der Waals surface area contributed by atoms with Gasteiger partial charge in [0.1, 0.15) is 11.5 Å². The second-order valence-electron chi connectivity index (χ2n) is 5.34. The van der Waals surface area contributed by atoms with E-state index in [4.69, 9.17) is 16.3 Å². The molecule has 0 radical (unpaired) electrons. The van der Waals surface area contributed by atoms with E-state index in [1.54, 1.807) is 0 Å². The number of hydrogen-bond acceptors (Lipinski definition) is 6. The smallest absolute Gasteiger partial charge is 0.411 e. The van der Waals surface area contributed by atoms with E-state index in [-0.39, 0.29) is 22.3 Å². The highest BCUT2D eigenvalue weighted by molar-refractivity contribution is 8.00. The lowest BCUT2D eigenvalue weighted by atomic mass is 10.3. The fourth-order valence-corrected chi connectivity index (χ4v) is 2.90. The molecule has 28 heavy (non-hydrogen) atoms. The lowest BCUT2D eigenvalue weighted by Crippen LogP contribution is -2.36. The summed E-state index contributed by atoms with van der Waals surface area (Å²) in [6.07, 6.45) is -4.82. The molecule has 0 saturated carbocycles. The fourth-order valence-electron chi connectivity index (χ4n) is 1.96. The third kappa shape index (κ3) is 6.31. The minimum atomic E-state index is -4.82. The van der Waals surface area contributed by atoms with Crippen molar-refractivity contribution >= 4 is 35.0 Å². The van der Waals surface area contributed by atoms with Crippen molar-refractivity contribution in [3.8, 4) is 11.5 Å². The quantitative estimate of drug-likeness (QED) is 0.187. The molecule has 150 valence electrons. The molecular weight excluding hydrogens is 423 g/mol. The molecule has 0 heterocycles. The predicted molar refractivity (Wildman–Crippen MR) is 96.7 cm³/mol. The summed E-state index contributed by atoms with van der Waals surface area (Å²) < 4.78 is 49.3. The molecule has 2 rings (SSSR count). The first-order valence-electron chi connectivity index (χ1n) is 7.66. The van der Waals surface area contributed by atoms with Crippen LogP contribution >= 0.6 is 23.4 Å². The van der Waals surface area contributed by atoms with E-state index in [2.05, 4.69) is 4.74 Å². The van der Waals surface area contributed by atoms with E-state index < -0.39 is 27.9 Å². The Bertz CT molecular complexity index is 828. The molecule has 6 nitrogen and oxygen atoms in total. The van der Waals surface area contributed by atoms with Crippen LogP contribution in [0.5, 0.6) is 11.5 Å². The molecule has 0 aliphatic carbocycles. The van der Waals surface area contributed by atoms with E-state index >= 15 is 0 Å². The first kappa shape index (κ1) is 21.8. The average Bonchev–Trinajstić information content (AvgIpc) is 2.59. The van der Waals surface area contributed by atoms with Crippen molar-refractivity contribution < 1.29 is 32.4 Å². The number of nitro groups is 1. The van der Waals surface area contributed by atoms with Gasteiger partial charge in [0.25, 0.3) is 5.69 Å². The lowest BCUT2D eigenvalue weighted by Gasteiger charge is -2.19. The Morgan fingerprint density at radius 2 is 1.61 bits per heavy atom. The van der Waals surface area contributed by atoms with Crippen molar-refractivity contribution in [2.24, 2.45) is 0 Å². The van der Waals surface area contributed by atoms with Gasteiger partial charge in [-0.2, -0.15) is 13.2 Å². The van der Waals surface area contributed by atoms with Crippen molar-refractivity contribution in [3.05, 3.63) is 58.6 Å². The SMILES string of the molecule is CC(Cl)OC(=O)C(Sc1ccc(Oc2ccc([N+](=O)[O-])cc2)cc1)C(F)(F)F. The van der Waals surface area contributed by atoms with Crippen molar-refractivity contribution in [3.63, 3.8) is 0 Å². The Labute approximate surface area is 166 Å². The van der Waals surface area contributed by atoms with Crippen LogP contribution in [-0.2, 0) is 9.53 Å². The second kappa shape index (κ2) is 9.16. The Balaban J connectivity index is 2.07. The number of non-ortho nitro benzene ring substituents is 1. The summed E-state index contributed by atoms with van der Waals surface area (Å²) in [5.74, 6) is -0.858. The van der Waals surface area contributed by atoms with Crippen LogP contribution in [0, 0.1) is 10.1 Å². The minimum absolute atomic E-state index is 0.101. The molecule has 0 spiro atoms. The normalized spacial score (nSPS) is 13.5. The zero-order valence-electron chi connectivity index (χ0n) is 14.2. The maximum absolute atomic E-state index is 13.1. The van der Waals surface area contributed by atoms with E-state index in [0.717, 1.165) is 0 Å². The van der Waals surface area contributed by atoms with Crippen LogP contribution in [-0.4, -0.2) is 27.9 Å². The molecule has 0 fully saturated rings. The van der Waals surface area contributed by atoms with Crippen molar-refractivity contribution in [2.75, 3.05) is 0 Å². The summed E-state index contributed by atoms with van der Waals surface area (Å²) in [6, 6.07) is 10.8. The number of carbonyl (C=O) groups excluding carboxylic acids is 1. The van der Waals surface area contributed by atoms with Crippen molar-refractivity contribution in [1.82, 2.24) is 0 Å². The van der Waals surface area contributed by atoms with Crippen LogP contribution in [0.3, 0.4) is 0 Å². The van der Waals surface area contributed by atoms with Gasteiger partial charge < -0.3 is 9.47 Å². The number of halogens is 4. The van der Waals surface area contributed by atoms with Gasteiger partial charge in [-0.05, 0) is 43.3 Å². The Hall–Kier alpha value is -2.46. The third-order valence-corrected chi connectivity index (χ3v) is 4.48. The molecule has 0 aliphatic rings. The van der Waals surface area contributed by atoms with Crippen LogP contribution < -0.4 is 4.74 Å². The summed E-state index contributed by atoms with van der Waals surface area (Å²) in [7, 11) is 0. The van der Waals surface area contributed by atoms with Crippen molar-refractivity contribution in [1.29, 1.82) is 0 Å². The van der Waals surface area contributed by atoms with Crippen LogP contribution in [0.25, 0.3) is 0 Å². The summed E-state index contributed by atoms with van der Waals surface area (Å²) in [4.78, 5) is 21.9. The number of alkyl halides is 4. The molecule has 0 saturated heterocycles. The zero-order valence-corrected chi connectivity index (χ0v) is 15.8. The van der Waals surface area contributed by atoms with E-state index in [0.29, 0.717) is 11.5 Å². The summed E-state index contributed by atoms with van der Waals surface area (Å²) in [5.41, 5.74) is -1.29. The maximum atomic E-state index is 13.1. The average molecular weight is 436 g/mol. The standard InChI is InChI=1S/C17H13ClF3NO5S/c1-10(18)26-16(23)15(17(19,20)21)28-14-8-6-13(7-9-14)27-12-4-2-11(3-5-12)22(24)25/h2-10,15H,1H3. The highest BCUT2D eigenvalue weighted by Gasteiger charge is 2.47. The van der Waals surface area contributed by atoms with Gasteiger partial charge in [0.15, 0.2) is 5.56 Å². The zero-order chi connectivity index (χ0) is 20.9. The number of esters is 1. The van der Waals surface area contributed by atoms with E-state index in [1.165, 1.54) is 55.5 Å². The maximum Gasteiger partial charge on any atom is 0.411 e. The highest BCUT2D eigenvalue weighted by atomic mass is 35.5. The Morgan fingerprint density at radius 1 is 1.11 bits per heavy atom. The number of benzene rings is 2. The monoisotopic (exact) mass is 435 g/mol. The predicted octanol–water partition coefficient (Wildman–Crippen LogP) is 5.54. The van der Waals surface area contributed by atoms with E-state index in [9.17, 15) is 28.1 Å². The Morgan fingerprint density at radius 3 is 2.04 bits per heavy atom. The number of ether oxygens (including phenoxy) is 2. The molecule has 0 bridgehead atoms. The van der Waals surface area contributed by atoms with Gasteiger partial charge in [0.2, 0.25) is 5.25 Å². The molecule has 0 amide bonds. The van der Waals surface area contributed by atoms with Crippen LogP contribution in [0.4, 0.5) is 18.9 Å². The molecule has 0 aromatic heterocycles. The summed E-state index contributed by atoms with van der Waals surface area (Å²) in [5, 5.41) is 8.19. The number of nitro benzene ring substituents is 1. The van der Waals surface area contributed by atoms with Crippen molar-refractivity contribution in [2.45, 2.75) is 28.8 Å². The summed E-state index contributed by atoms with van der Waals surface area (Å²) >= 11 is 5.70. The van der Waals surface area contributed by atoms with Gasteiger partial charge in [-0.3, -0.25) is 14.9 Å². The molecule has 2 aromatic rings. The number of thioether (sulfide) groups is 1. The van der Waals surface area contributed by atoms with Gasteiger partial charge in [0, 0.05) is 17.0 Å². The molecule has 2 atom stereocenters. The molecule has 0 N–H and O–H groups in total. The van der Waals surface area contributed by atoms with Crippen LogP contribution in [0.15, 0.2) is 53.4 Å². The number of nitrogens with zero attached hydrogens (tertiary/aromatic N) is 1. The van der Waals surface area contributed by atoms with Crippen LogP contribution in [0.2, 0.25) is 0 Å². The van der Waals surface area contributed by atoms with Crippen LogP contribution in [0.1, 0.15) is 6.92 Å². The molecule has 2 aromatic carbocycles. The van der Waals surface area contributed by atoms with E-state index in [1.807, 2.05) is 0 Å². The largest absolute Gasteiger partial charge is 0.457 e. The number of hydrogen-bond donors (Lipinski definition) is 0. The van der Waals surface area contributed by atoms with Gasteiger partial charge in [-0.25, -0.2) is 0 Å². The van der Waals surface area contributed by atoms with Gasteiger partial charge >= 0.3 is 12.1 Å². The van der Waals surface area contributed by atoms with Gasteiger partial charge in [-0.15, -0.1) is 11.8 Å². The second-order valence-corrected chi connectivity index (χ2v) is 7.14. The minimum Gasteiger partial charge on any atom is -0.457 e. The van der Waals surface area contributed by atoms with Gasteiger partial charge in [-0.1, -0.05) is 11.6 Å². The number of rotatable bonds is 7. The topological polar surface area (TPSA) is 78.7 Å². The molecule has 0 aliphatic heterocycles.